The SMILES string of the molecule is CC(C)(C)OC(=O)NCCCNC(c1cccs1)C1CCCC1. The van der Waals surface area contributed by atoms with E-state index in [2.05, 4.69) is 28.1 Å². The van der Waals surface area contributed by atoms with Crippen LogP contribution in [0.25, 0.3) is 0 Å². The van der Waals surface area contributed by atoms with E-state index < -0.39 is 5.60 Å². The Balaban J connectivity index is 1.69. The number of thiophene rings is 1. The summed E-state index contributed by atoms with van der Waals surface area (Å²) >= 11 is 1.84. The zero-order valence-corrected chi connectivity index (χ0v) is 15.4. The molecule has 1 saturated carbocycles. The smallest absolute Gasteiger partial charge is 0.407 e. The van der Waals surface area contributed by atoms with E-state index in [1.54, 1.807) is 0 Å². The van der Waals surface area contributed by atoms with E-state index in [4.69, 9.17) is 4.74 Å². The number of alkyl carbamates (subject to hydrolysis) is 1. The second kappa shape index (κ2) is 8.69. The van der Waals surface area contributed by atoms with Gasteiger partial charge in [0.1, 0.15) is 5.60 Å². The summed E-state index contributed by atoms with van der Waals surface area (Å²) < 4.78 is 5.24. The Morgan fingerprint density at radius 2 is 2.09 bits per heavy atom. The summed E-state index contributed by atoms with van der Waals surface area (Å²) in [5.74, 6) is 0.757. The molecule has 1 aromatic heterocycles. The standard InChI is InChI=1S/C18H30N2O2S/c1-18(2,3)22-17(21)20-12-7-11-19-16(14-8-4-5-9-14)15-10-6-13-23-15/h6,10,13-14,16,19H,4-5,7-9,11-12H2,1-3H3,(H,20,21). The van der Waals surface area contributed by atoms with Crippen molar-refractivity contribution < 1.29 is 9.53 Å². The summed E-state index contributed by atoms with van der Waals surface area (Å²) in [5.41, 5.74) is -0.435. The molecule has 1 aromatic rings. The lowest BCUT2D eigenvalue weighted by atomic mass is 9.96. The molecule has 1 fully saturated rings. The van der Waals surface area contributed by atoms with Crippen molar-refractivity contribution in [1.29, 1.82) is 0 Å². The minimum atomic E-state index is -0.435. The van der Waals surface area contributed by atoms with Gasteiger partial charge in [0.2, 0.25) is 0 Å². The molecule has 0 aliphatic heterocycles. The van der Waals surface area contributed by atoms with Crippen molar-refractivity contribution in [1.82, 2.24) is 10.6 Å². The maximum absolute atomic E-state index is 11.6. The largest absolute Gasteiger partial charge is 0.444 e. The fourth-order valence-electron chi connectivity index (χ4n) is 3.11. The number of carbonyl (C=O) groups excluding carboxylic acids is 1. The van der Waals surface area contributed by atoms with Gasteiger partial charge >= 0.3 is 6.09 Å². The molecule has 0 aromatic carbocycles. The van der Waals surface area contributed by atoms with Crippen LogP contribution < -0.4 is 10.6 Å². The molecule has 4 nitrogen and oxygen atoms in total. The van der Waals surface area contributed by atoms with Crippen LogP contribution in [0.5, 0.6) is 0 Å². The van der Waals surface area contributed by atoms with Crippen LogP contribution in [0, 0.1) is 5.92 Å². The van der Waals surface area contributed by atoms with Gasteiger partial charge in [0, 0.05) is 17.5 Å². The highest BCUT2D eigenvalue weighted by Gasteiger charge is 2.26. The van der Waals surface area contributed by atoms with Crippen molar-refractivity contribution in [3.63, 3.8) is 0 Å². The van der Waals surface area contributed by atoms with E-state index in [1.807, 2.05) is 32.1 Å². The fraction of sp³-hybridized carbons (Fsp3) is 0.722. The molecule has 1 aliphatic carbocycles. The maximum Gasteiger partial charge on any atom is 0.407 e. The Labute approximate surface area is 144 Å². The van der Waals surface area contributed by atoms with Gasteiger partial charge < -0.3 is 15.4 Å². The van der Waals surface area contributed by atoms with Crippen molar-refractivity contribution in [2.45, 2.75) is 64.5 Å². The fourth-order valence-corrected chi connectivity index (χ4v) is 4.00. The van der Waals surface area contributed by atoms with Crippen molar-refractivity contribution in [2.75, 3.05) is 13.1 Å². The van der Waals surface area contributed by atoms with Crippen LogP contribution in [0.15, 0.2) is 17.5 Å². The zero-order valence-electron chi connectivity index (χ0n) is 14.6. The molecular weight excluding hydrogens is 308 g/mol. The highest BCUT2D eigenvalue weighted by atomic mass is 32.1. The van der Waals surface area contributed by atoms with Crippen LogP contribution >= 0.6 is 11.3 Å². The number of rotatable bonds is 7. The van der Waals surface area contributed by atoms with Crippen LogP contribution in [0.1, 0.15) is 63.8 Å². The molecule has 1 unspecified atom stereocenters. The molecule has 130 valence electrons. The summed E-state index contributed by atoms with van der Waals surface area (Å²) in [4.78, 5) is 13.0. The maximum atomic E-state index is 11.6. The molecule has 1 atom stereocenters. The number of carbonyl (C=O) groups is 1. The summed E-state index contributed by atoms with van der Waals surface area (Å²) in [6, 6.07) is 4.84. The van der Waals surface area contributed by atoms with Crippen LogP contribution in [-0.2, 0) is 4.74 Å². The molecule has 1 heterocycles. The van der Waals surface area contributed by atoms with Gasteiger partial charge in [-0.15, -0.1) is 11.3 Å². The molecule has 2 N–H and O–H groups in total. The first-order valence-corrected chi connectivity index (χ1v) is 9.57. The summed E-state index contributed by atoms with van der Waals surface area (Å²) in [5, 5.41) is 8.68. The Morgan fingerprint density at radius 1 is 1.35 bits per heavy atom. The molecule has 0 saturated heterocycles. The molecular formula is C18H30N2O2S. The quantitative estimate of drug-likeness (QED) is 0.721. The van der Waals surface area contributed by atoms with Crippen LogP contribution in [0.3, 0.4) is 0 Å². The van der Waals surface area contributed by atoms with E-state index in [0.717, 1.165) is 18.9 Å². The van der Waals surface area contributed by atoms with E-state index >= 15 is 0 Å². The Bertz CT molecular complexity index is 462. The molecule has 23 heavy (non-hydrogen) atoms. The van der Waals surface area contributed by atoms with Gasteiger partial charge in [-0.1, -0.05) is 18.9 Å². The number of ether oxygens (including phenoxy) is 1. The van der Waals surface area contributed by atoms with Crippen molar-refractivity contribution >= 4 is 17.4 Å². The normalized spacial score (nSPS) is 17.2. The van der Waals surface area contributed by atoms with E-state index in [-0.39, 0.29) is 6.09 Å². The van der Waals surface area contributed by atoms with Crippen molar-refractivity contribution in [3.8, 4) is 0 Å². The van der Waals surface area contributed by atoms with E-state index in [0.29, 0.717) is 12.6 Å². The molecule has 1 amide bonds. The first kappa shape index (κ1) is 18.3. The Kier molecular flexibility index (Phi) is 6.90. The molecule has 0 spiro atoms. The highest BCUT2D eigenvalue weighted by molar-refractivity contribution is 7.10. The monoisotopic (exact) mass is 338 g/mol. The summed E-state index contributed by atoms with van der Waals surface area (Å²) in [6.07, 6.45) is 5.94. The average molecular weight is 339 g/mol. The van der Waals surface area contributed by atoms with E-state index in [1.165, 1.54) is 30.6 Å². The van der Waals surface area contributed by atoms with Gasteiger partial charge in [-0.05, 0) is 63.9 Å². The third-order valence-electron chi connectivity index (χ3n) is 4.11. The summed E-state index contributed by atoms with van der Waals surface area (Å²) in [6.45, 7) is 7.18. The Hall–Kier alpha value is -1.07. The number of amides is 1. The van der Waals surface area contributed by atoms with E-state index in [9.17, 15) is 4.79 Å². The van der Waals surface area contributed by atoms with Crippen LogP contribution in [0.4, 0.5) is 4.79 Å². The van der Waals surface area contributed by atoms with Crippen LogP contribution in [0.2, 0.25) is 0 Å². The molecule has 0 bridgehead atoms. The zero-order chi connectivity index (χ0) is 16.7. The second-order valence-corrected chi connectivity index (χ2v) is 8.25. The highest BCUT2D eigenvalue weighted by Crippen LogP contribution is 2.37. The van der Waals surface area contributed by atoms with Gasteiger partial charge in [0.15, 0.2) is 0 Å². The lowest BCUT2D eigenvalue weighted by molar-refractivity contribution is 0.0527. The van der Waals surface area contributed by atoms with Crippen LogP contribution in [-0.4, -0.2) is 24.8 Å². The predicted octanol–water partition coefficient (Wildman–Crippen LogP) is 4.48. The topological polar surface area (TPSA) is 50.4 Å². The second-order valence-electron chi connectivity index (χ2n) is 7.27. The van der Waals surface area contributed by atoms with Gasteiger partial charge in [0.05, 0.1) is 0 Å². The Morgan fingerprint density at radius 3 is 2.70 bits per heavy atom. The molecule has 1 aliphatic rings. The van der Waals surface area contributed by atoms with Crippen molar-refractivity contribution in [3.05, 3.63) is 22.4 Å². The molecule has 2 rings (SSSR count). The first-order valence-electron chi connectivity index (χ1n) is 8.69. The minimum Gasteiger partial charge on any atom is -0.444 e. The third-order valence-corrected chi connectivity index (χ3v) is 5.06. The molecule has 5 heteroatoms. The van der Waals surface area contributed by atoms with Gasteiger partial charge in [-0.3, -0.25) is 0 Å². The predicted molar refractivity (Wildman–Crippen MR) is 95.9 cm³/mol. The lowest BCUT2D eigenvalue weighted by Gasteiger charge is -2.24. The number of hydrogen-bond donors (Lipinski definition) is 2. The summed E-state index contributed by atoms with van der Waals surface area (Å²) in [7, 11) is 0. The first-order chi connectivity index (χ1) is 11.0. The van der Waals surface area contributed by atoms with Gasteiger partial charge in [-0.25, -0.2) is 4.79 Å². The van der Waals surface area contributed by atoms with Crippen molar-refractivity contribution in [2.24, 2.45) is 5.92 Å². The number of nitrogens with one attached hydrogen (secondary N) is 2. The van der Waals surface area contributed by atoms with Gasteiger partial charge in [0.25, 0.3) is 0 Å². The average Bonchev–Trinajstić information content (AvgIpc) is 3.14. The third kappa shape index (κ3) is 6.51. The van der Waals surface area contributed by atoms with Gasteiger partial charge in [-0.2, -0.15) is 0 Å². The number of hydrogen-bond acceptors (Lipinski definition) is 4. The minimum absolute atomic E-state index is 0.330. The lowest BCUT2D eigenvalue weighted by Crippen LogP contribution is -2.34. The molecule has 0 radical (unpaired) electrons.